The average Bonchev–Trinajstić information content (AvgIpc) is 3.22. The molecule has 2 nitrogen and oxygen atoms in total. The van der Waals surface area contributed by atoms with Crippen LogP contribution in [-0.2, 0) is 6.61 Å². The summed E-state index contributed by atoms with van der Waals surface area (Å²) in [5.74, 6) is 1.76. The van der Waals surface area contributed by atoms with Crippen LogP contribution in [0, 0.1) is 0 Å². The van der Waals surface area contributed by atoms with Gasteiger partial charge in [0.05, 0.1) is 6.10 Å². The summed E-state index contributed by atoms with van der Waals surface area (Å²) in [4.78, 5) is 0. The largest absolute Gasteiger partial charge is 0.490 e. The Morgan fingerprint density at radius 3 is 2.44 bits per heavy atom. The highest BCUT2D eigenvalue weighted by atomic mass is 16.5. The summed E-state index contributed by atoms with van der Waals surface area (Å²) in [6.45, 7) is 0.591. The van der Waals surface area contributed by atoms with E-state index in [9.17, 15) is 0 Å². The molecule has 1 aliphatic rings. The molecule has 2 aromatic rings. The number of ether oxygens (including phenoxy) is 2. The lowest BCUT2D eigenvalue weighted by Gasteiger charge is -2.09. The van der Waals surface area contributed by atoms with E-state index in [1.807, 2.05) is 42.5 Å². The van der Waals surface area contributed by atoms with E-state index in [1.165, 1.54) is 18.4 Å². The summed E-state index contributed by atoms with van der Waals surface area (Å²) in [5.41, 5.74) is 1.17. The molecule has 18 heavy (non-hydrogen) atoms. The Labute approximate surface area is 107 Å². The zero-order chi connectivity index (χ0) is 12.2. The third-order valence-electron chi connectivity index (χ3n) is 2.88. The van der Waals surface area contributed by atoms with Crippen molar-refractivity contribution in [2.75, 3.05) is 0 Å². The Bertz CT molecular complexity index is 504. The Balaban J connectivity index is 1.61. The second-order valence-electron chi connectivity index (χ2n) is 4.57. The van der Waals surface area contributed by atoms with Crippen LogP contribution < -0.4 is 9.47 Å². The minimum Gasteiger partial charge on any atom is -0.490 e. The van der Waals surface area contributed by atoms with Crippen molar-refractivity contribution in [3.8, 4) is 11.5 Å². The van der Waals surface area contributed by atoms with Crippen molar-refractivity contribution >= 4 is 0 Å². The van der Waals surface area contributed by atoms with Crippen molar-refractivity contribution in [2.45, 2.75) is 25.6 Å². The molecule has 0 heterocycles. The third kappa shape index (κ3) is 3.04. The summed E-state index contributed by atoms with van der Waals surface area (Å²) in [7, 11) is 0. The molecule has 92 valence electrons. The van der Waals surface area contributed by atoms with E-state index in [1.54, 1.807) is 0 Å². The van der Waals surface area contributed by atoms with Crippen molar-refractivity contribution in [2.24, 2.45) is 0 Å². The molecular weight excluding hydrogens is 224 g/mol. The lowest BCUT2D eigenvalue weighted by Crippen LogP contribution is -1.98. The van der Waals surface area contributed by atoms with Crippen molar-refractivity contribution in [1.29, 1.82) is 0 Å². The first-order valence-electron chi connectivity index (χ1n) is 6.33. The maximum Gasteiger partial charge on any atom is 0.123 e. The molecule has 2 heteroatoms. The molecule has 0 aromatic heterocycles. The van der Waals surface area contributed by atoms with Crippen molar-refractivity contribution in [1.82, 2.24) is 0 Å². The van der Waals surface area contributed by atoms with Crippen LogP contribution >= 0.6 is 0 Å². The van der Waals surface area contributed by atoms with Gasteiger partial charge in [-0.1, -0.05) is 36.4 Å². The molecule has 0 spiro atoms. The first-order chi connectivity index (χ1) is 8.90. The molecule has 0 aliphatic heterocycles. The predicted molar refractivity (Wildman–Crippen MR) is 70.9 cm³/mol. The fourth-order valence-corrected chi connectivity index (χ4v) is 1.76. The van der Waals surface area contributed by atoms with Gasteiger partial charge in [-0.3, -0.25) is 0 Å². The van der Waals surface area contributed by atoms with Gasteiger partial charge in [-0.25, -0.2) is 0 Å². The van der Waals surface area contributed by atoms with E-state index in [4.69, 9.17) is 9.47 Å². The second kappa shape index (κ2) is 5.13. The molecule has 0 saturated heterocycles. The van der Waals surface area contributed by atoms with E-state index < -0.39 is 0 Å². The van der Waals surface area contributed by atoms with Gasteiger partial charge < -0.3 is 9.47 Å². The molecule has 0 N–H and O–H groups in total. The van der Waals surface area contributed by atoms with Crippen molar-refractivity contribution < 1.29 is 9.47 Å². The van der Waals surface area contributed by atoms with Gasteiger partial charge in [0.1, 0.15) is 18.1 Å². The monoisotopic (exact) mass is 240 g/mol. The van der Waals surface area contributed by atoms with E-state index in [0.717, 1.165) is 11.5 Å². The summed E-state index contributed by atoms with van der Waals surface area (Å²) in [5, 5.41) is 0. The molecule has 0 radical (unpaired) electrons. The Morgan fingerprint density at radius 2 is 1.67 bits per heavy atom. The number of hydrogen-bond donors (Lipinski definition) is 0. The molecule has 1 aliphatic carbocycles. The van der Waals surface area contributed by atoms with E-state index >= 15 is 0 Å². The number of benzene rings is 2. The molecule has 0 atom stereocenters. The number of rotatable bonds is 5. The van der Waals surface area contributed by atoms with Crippen LogP contribution in [0.2, 0.25) is 0 Å². The first-order valence-corrected chi connectivity index (χ1v) is 6.33. The second-order valence-corrected chi connectivity index (χ2v) is 4.57. The lowest BCUT2D eigenvalue weighted by atomic mass is 10.2. The Kier molecular flexibility index (Phi) is 3.18. The van der Waals surface area contributed by atoms with Gasteiger partial charge in [-0.2, -0.15) is 0 Å². The van der Waals surface area contributed by atoms with Gasteiger partial charge in [0, 0.05) is 6.07 Å². The fourth-order valence-electron chi connectivity index (χ4n) is 1.76. The summed E-state index contributed by atoms with van der Waals surface area (Å²) >= 11 is 0. The van der Waals surface area contributed by atoms with Gasteiger partial charge >= 0.3 is 0 Å². The van der Waals surface area contributed by atoms with Crippen LogP contribution in [-0.4, -0.2) is 6.10 Å². The van der Waals surface area contributed by atoms with Crippen LogP contribution in [0.15, 0.2) is 54.6 Å². The molecule has 0 bridgehead atoms. The van der Waals surface area contributed by atoms with Gasteiger partial charge in [-0.15, -0.1) is 0 Å². The van der Waals surface area contributed by atoms with Crippen molar-refractivity contribution in [3.63, 3.8) is 0 Å². The molecule has 3 rings (SSSR count). The van der Waals surface area contributed by atoms with Gasteiger partial charge in [0.15, 0.2) is 0 Å². The quantitative estimate of drug-likeness (QED) is 0.791. The van der Waals surface area contributed by atoms with Gasteiger partial charge in [-0.05, 0) is 30.5 Å². The molecule has 1 saturated carbocycles. The highest BCUT2D eigenvalue weighted by Gasteiger charge is 2.23. The maximum absolute atomic E-state index is 5.75. The average molecular weight is 240 g/mol. The minimum atomic E-state index is 0.425. The smallest absolute Gasteiger partial charge is 0.123 e. The molecule has 0 unspecified atom stereocenters. The van der Waals surface area contributed by atoms with Gasteiger partial charge in [0.2, 0.25) is 0 Å². The van der Waals surface area contributed by atoms with Gasteiger partial charge in [0.25, 0.3) is 0 Å². The zero-order valence-electron chi connectivity index (χ0n) is 10.2. The normalized spacial score (nSPS) is 14.2. The van der Waals surface area contributed by atoms with Crippen LogP contribution in [0.5, 0.6) is 11.5 Å². The predicted octanol–water partition coefficient (Wildman–Crippen LogP) is 3.81. The standard InChI is InChI=1S/C16H16O2/c1-2-5-13(6-3-1)12-17-15-7-4-8-16(11-15)18-14-9-10-14/h1-8,11,14H,9-10,12H2. The summed E-state index contributed by atoms with van der Waals surface area (Å²) in [6.07, 6.45) is 2.78. The van der Waals surface area contributed by atoms with Crippen LogP contribution in [0.1, 0.15) is 18.4 Å². The highest BCUT2D eigenvalue weighted by molar-refractivity contribution is 5.33. The van der Waals surface area contributed by atoms with Crippen LogP contribution in [0.3, 0.4) is 0 Å². The topological polar surface area (TPSA) is 18.5 Å². The maximum atomic E-state index is 5.75. The summed E-state index contributed by atoms with van der Waals surface area (Å²) < 4.78 is 11.5. The highest BCUT2D eigenvalue weighted by Crippen LogP contribution is 2.28. The van der Waals surface area contributed by atoms with E-state index in [0.29, 0.717) is 12.7 Å². The molecule has 2 aromatic carbocycles. The van der Waals surface area contributed by atoms with E-state index in [2.05, 4.69) is 12.1 Å². The first kappa shape index (κ1) is 11.1. The lowest BCUT2D eigenvalue weighted by molar-refractivity contribution is 0.288. The molecule has 1 fully saturated rings. The van der Waals surface area contributed by atoms with Crippen molar-refractivity contribution in [3.05, 3.63) is 60.2 Å². The summed E-state index contributed by atoms with van der Waals surface area (Å²) in [6, 6.07) is 18.0. The fraction of sp³-hybridized carbons (Fsp3) is 0.250. The molecule has 0 amide bonds. The molecular formula is C16H16O2. The van der Waals surface area contributed by atoms with Crippen LogP contribution in [0.25, 0.3) is 0 Å². The number of hydrogen-bond acceptors (Lipinski definition) is 2. The SMILES string of the molecule is c1ccc(COc2cccc(OC3CC3)c2)cc1. The Morgan fingerprint density at radius 1 is 0.889 bits per heavy atom. The third-order valence-corrected chi connectivity index (χ3v) is 2.88. The minimum absolute atomic E-state index is 0.425. The Hall–Kier alpha value is -1.96. The van der Waals surface area contributed by atoms with Crippen LogP contribution in [0.4, 0.5) is 0 Å². The van der Waals surface area contributed by atoms with E-state index in [-0.39, 0.29) is 0 Å². The zero-order valence-corrected chi connectivity index (χ0v) is 10.2.